The molecule has 0 unspecified atom stereocenters. The van der Waals surface area contributed by atoms with E-state index in [1.807, 2.05) is 0 Å². The third kappa shape index (κ3) is 3.31. The Morgan fingerprint density at radius 1 is 1.50 bits per heavy atom. The number of hydrogen-bond acceptors (Lipinski definition) is 6. The smallest absolute Gasteiger partial charge is 0.371 e. The molecule has 6 nitrogen and oxygen atoms in total. The normalized spacial score (nSPS) is 9.92. The summed E-state index contributed by atoms with van der Waals surface area (Å²) in [5.74, 6) is -1.66. The van der Waals surface area contributed by atoms with Crippen LogP contribution in [-0.4, -0.2) is 24.8 Å². The Balaban J connectivity index is 4.36. The third-order valence-corrected chi connectivity index (χ3v) is 0.750. The second-order valence-electron chi connectivity index (χ2n) is 1.63. The van der Waals surface area contributed by atoms with Crippen LogP contribution in [0.3, 0.4) is 0 Å². The van der Waals surface area contributed by atoms with Crippen molar-refractivity contribution in [2.45, 2.75) is 6.92 Å². The van der Waals surface area contributed by atoms with Gasteiger partial charge in [0, 0.05) is 6.92 Å². The summed E-state index contributed by atoms with van der Waals surface area (Å²) in [6.07, 6.45) is 0. The number of rotatable bonds is 2. The molecule has 0 fully saturated rings. The Kier molecular flexibility index (Phi) is 4.08. The topological polar surface area (TPSA) is 88.8 Å². The number of carbonyl (C=O) groups is 2. The average Bonchev–Trinajstić information content (AvgIpc) is 2.04. The van der Waals surface area contributed by atoms with E-state index in [0.717, 1.165) is 14.0 Å². The van der Waals surface area contributed by atoms with E-state index < -0.39 is 17.7 Å². The molecular weight excluding hydrogens is 164 g/mol. The van der Waals surface area contributed by atoms with Crippen molar-refractivity contribution in [3.8, 4) is 6.07 Å². The Morgan fingerprint density at radius 2 is 2.08 bits per heavy atom. The maximum Gasteiger partial charge on any atom is 0.371 e. The predicted molar refractivity (Wildman–Crippen MR) is 36.8 cm³/mol. The molecule has 0 radical (unpaired) electrons. The first-order chi connectivity index (χ1) is 5.61. The van der Waals surface area contributed by atoms with Crippen LogP contribution in [0, 0.1) is 11.3 Å². The van der Waals surface area contributed by atoms with Crippen molar-refractivity contribution in [2.24, 2.45) is 5.16 Å². The maximum atomic E-state index is 10.6. The van der Waals surface area contributed by atoms with Crippen LogP contribution in [0.4, 0.5) is 0 Å². The number of carbonyl (C=O) groups excluding carboxylic acids is 2. The van der Waals surface area contributed by atoms with Gasteiger partial charge >= 0.3 is 11.9 Å². The van der Waals surface area contributed by atoms with Gasteiger partial charge in [-0.15, -0.1) is 0 Å². The minimum absolute atomic E-state index is 0.604. The molecule has 0 N–H and O–H groups in total. The Hall–Kier alpha value is -1.90. The van der Waals surface area contributed by atoms with E-state index in [1.165, 1.54) is 6.07 Å². The summed E-state index contributed by atoms with van der Waals surface area (Å²) >= 11 is 0. The lowest BCUT2D eigenvalue weighted by Crippen LogP contribution is -2.14. The highest BCUT2D eigenvalue weighted by Crippen LogP contribution is 1.85. The van der Waals surface area contributed by atoms with Gasteiger partial charge in [0.1, 0.15) is 6.07 Å². The monoisotopic (exact) mass is 170 g/mol. The summed E-state index contributed by atoms with van der Waals surface area (Å²) in [5.41, 5.74) is -0.604. The Morgan fingerprint density at radius 3 is 2.42 bits per heavy atom. The van der Waals surface area contributed by atoms with Gasteiger partial charge in [0.25, 0.3) is 5.71 Å². The zero-order valence-corrected chi connectivity index (χ0v) is 6.53. The van der Waals surface area contributed by atoms with E-state index in [1.54, 1.807) is 0 Å². The molecule has 0 aromatic carbocycles. The lowest BCUT2D eigenvalue weighted by molar-refractivity contribution is -0.141. The van der Waals surface area contributed by atoms with Gasteiger partial charge < -0.3 is 9.57 Å². The highest BCUT2D eigenvalue weighted by atomic mass is 16.7. The summed E-state index contributed by atoms with van der Waals surface area (Å²) in [7, 11) is 1.09. The van der Waals surface area contributed by atoms with Crippen molar-refractivity contribution in [1.29, 1.82) is 5.26 Å². The highest BCUT2D eigenvalue weighted by molar-refractivity contribution is 6.42. The van der Waals surface area contributed by atoms with E-state index in [2.05, 4.69) is 14.7 Å². The van der Waals surface area contributed by atoms with Gasteiger partial charge in [0.2, 0.25) is 0 Å². The molecule has 0 spiro atoms. The van der Waals surface area contributed by atoms with Crippen molar-refractivity contribution in [2.75, 3.05) is 7.11 Å². The number of ether oxygens (including phenoxy) is 1. The number of oxime groups is 1. The number of methoxy groups -OCH3 is 1. The molecule has 0 aliphatic carbocycles. The minimum Gasteiger partial charge on any atom is -0.464 e. The van der Waals surface area contributed by atoms with E-state index in [-0.39, 0.29) is 0 Å². The van der Waals surface area contributed by atoms with Gasteiger partial charge in [-0.1, -0.05) is 5.16 Å². The molecule has 0 rings (SSSR count). The van der Waals surface area contributed by atoms with Crippen LogP contribution in [-0.2, 0) is 19.2 Å². The van der Waals surface area contributed by atoms with Crippen molar-refractivity contribution < 1.29 is 19.2 Å². The van der Waals surface area contributed by atoms with Gasteiger partial charge in [-0.2, -0.15) is 5.26 Å². The fourth-order valence-electron chi connectivity index (χ4n) is 0.310. The molecule has 0 saturated heterocycles. The molecule has 0 aliphatic heterocycles. The van der Waals surface area contributed by atoms with Gasteiger partial charge in [-0.05, 0) is 0 Å². The molecule has 0 bridgehead atoms. The number of hydrogen-bond donors (Lipinski definition) is 0. The summed E-state index contributed by atoms with van der Waals surface area (Å²) in [5, 5.41) is 11.2. The van der Waals surface area contributed by atoms with E-state index in [9.17, 15) is 9.59 Å². The molecule has 0 amide bonds. The van der Waals surface area contributed by atoms with Crippen LogP contribution in [0.25, 0.3) is 0 Å². The second-order valence-corrected chi connectivity index (χ2v) is 1.63. The van der Waals surface area contributed by atoms with E-state index in [0.29, 0.717) is 0 Å². The van der Waals surface area contributed by atoms with Gasteiger partial charge in [0.05, 0.1) is 7.11 Å². The molecule has 0 saturated carbocycles. The minimum atomic E-state index is -0.946. The zero-order chi connectivity index (χ0) is 9.56. The lowest BCUT2D eigenvalue weighted by Gasteiger charge is -1.93. The molecule has 6 heteroatoms. The van der Waals surface area contributed by atoms with Gasteiger partial charge in [0.15, 0.2) is 0 Å². The summed E-state index contributed by atoms with van der Waals surface area (Å²) in [6, 6.07) is 1.41. The van der Waals surface area contributed by atoms with Crippen LogP contribution in [0.5, 0.6) is 0 Å². The number of nitriles is 1. The highest BCUT2D eigenvalue weighted by Gasteiger charge is 2.11. The molecule has 0 atom stereocenters. The van der Waals surface area contributed by atoms with Crippen molar-refractivity contribution in [3.05, 3.63) is 0 Å². The summed E-state index contributed by atoms with van der Waals surface area (Å²) in [4.78, 5) is 24.8. The lowest BCUT2D eigenvalue weighted by atomic mass is 10.4. The summed E-state index contributed by atoms with van der Waals surface area (Å²) < 4.78 is 4.15. The van der Waals surface area contributed by atoms with Crippen molar-refractivity contribution in [3.63, 3.8) is 0 Å². The predicted octanol–water partition coefficient (Wildman–Crippen LogP) is -0.398. The maximum absolute atomic E-state index is 10.6. The van der Waals surface area contributed by atoms with E-state index in [4.69, 9.17) is 5.26 Å². The van der Waals surface area contributed by atoms with Crippen LogP contribution in [0.1, 0.15) is 6.92 Å². The first-order valence-electron chi connectivity index (χ1n) is 2.85. The molecule has 12 heavy (non-hydrogen) atoms. The largest absolute Gasteiger partial charge is 0.464 e. The zero-order valence-electron chi connectivity index (χ0n) is 6.53. The molecular formula is C6H6N2O4. The Bertz CT molecular complexity index is 263. The number of esters is 1. The molecule has 0 heterocycles. The van der Waals surface area contributed by atoms with E-state index >= 15 is 0 Å². The van der Waals surface area contributed by atoms with Crippen LogP contribution in [0.2, 0.25) is 0 Å². The fraction of sp³-hybridized carbons (Fsp3) is 0.333. The van der Waals surface area contributed by atoms with Gasteiger partial charge in [-0.3, -0.25) is 0 Å². The standard InChI is InChI=1S/C6H6N2O4/c1-4(9)12-8-5(3-7)6(10)11-2/h1-2H3/b8-5-. The Labute approximate surface area is 68.4 Å². The van der Waals surface area contributed by atoms with Crippen LogP contribution in [0.15, 0.2) is 5.16 Å². The second kappa shape index (κ2) is 4.85. The average molecular weight is 170 g/mol. The number of nitrogens with zero attached hydrogens (tertiary/aromatic N) is 2. The van der Waals surface area contributed by atoms with Crippen LogP contribution < -0.4 is 0 Å². The van der Waals surface area contributed by atoms with Crippen molar-refractivity contribution in [1.82, 2.24) is 0 Å². The molecule has 64 valence electrons. The summed E-state index contributed by atoms with van der Waals surface area (Å²) in [6.45, 7) is 1.09. The SMILES string of the molecule is COC(=O)/C(C#N)=N\OC(C)=O. The first-order valence-corrected chi connectivity index (χ1v) is 2.85. The van der Waals surface area contributed by atoms with Crippen LogP contribution >= 0.6 is 0 Å². The molecule has 0 aliphatic rings. The van der Waals surface area contributed by atoms with Gasteiger partial charge in [-0.25, -0.2) is 9.59 Å². The quantitative estimate of drug-likeness (QED) is 0.243. The molecule has 0 aromatic heterocycles. The molecule has 0 aromatic rings. The van der Waals surface area contributed by atoms with Crippen molar-refractivity contribution >= 4 is 17.7 Å². The fourth-order valence-corrected chi connectivity index (χ4v) is 0.310. The first kappa shape index (κ1) is 10.1. The third-order valence-electron chi connectivity index (χ3n) is 0.750.